The largest absolute Gasteiger partial charge is 0.496 e. The maximum absolute atomic E-state index is 10.1. The Kier molecular flexibility index (Phi) is 3.49. The van der Waals surface area contributed by atoms with Crippen LogP contribution in [-0.4, -0.2) is 24.5 Å². The zero-order valence-electron chi connectivity index (χ0n) is 7.60. The first kappa shape index (κ1) is 10.0. The summed E-state index contributed by atoms with van der Waals surface area (Å²) < 4.78 is 5.04. The summed E-state index contributed by atoms with van der Waals surface area (Å²) in [5, 5.41) is 11.8. The minimum Gasteiger partial charge on any atom is -0.496 e. The van der Waals surface area contributed by atoms with E-state index in [1.807, 2.05) is 17.6 Å². The fourth-order valence-electron chi connectivity index (χ4n) is 0.930. The maximum Gasteiger partial charge on any atom is 0.425 e. The molecule has 0 radical (unpaired) electrons. The molecule has 1 amide bonds. The Balaban J connectivity index is 2.75. The van der Waals surface area contributed by atoms with Gasteiger partial charge in [0.15, 0.2) is 0 Å². The van der Waals surface area contributed by atoms with Crippen LogP contribution in [-0.2, 0) is 0 Å². The zero-order chi connectivity index (χ0) is 10.4. The third kappa shape index (κ3) is 2.78. The quantitative estimate of drug-likeness (QED) is 0.562. The van der Waals surface area contributed by atoms with Crippen LogP contribution in [0, 0.1) is 0 Å². The van der Waals surface area contributed by atoms with Crippen molar-refractivity contribution in [3.63, 3.8) is 0 Å². The molecule has 0 unspecified atom stereocenters. The number of carbonyl (C=O) groups is 1. The van der Waals surface area contributed by atoms with Crippen molar-refractivity contribution in [2.45, 2.75) is 0 Å². The molecule has 1 rings (SSSR count). The van der Waals surface area contributed by atoms with Gasteiger partial charge in [-0.15, -0.1) is 0 Å². The first-order valence-corrected chi connectivity index (χ1v) is 3.89. The van der Waals surface area contributed by atoms with Crippen LogP contribution >= 0.6 is 0 Å². The molecular weight excluding hydrogens is 184 g/mol. The normalized spacial score (nSPS) is 10.1. The standard InChI is InChI=1S/C9H10N2O3/c1-14-8-5-3-2-4-7(8)6-10-11-9(12)13/h2-6,11H,1H3,(H,12,13). The van der Waals surface area contributed by atoms with Gasteiger partial charge in [0.1, 0.15) is 5.75 Å². The third-order valence-corrected chi connectivity index (χ3v) is 1.50. The molecule has 0 aromatic heterocycles. The Bertz CT molecular complexity index is 350. The smallest absolute Gasteiger partial charge is 0.425 e. The van der Waals surface area contributed by atoms with Crippen LogP contribution in [0.1, 0.15) is 5.56 Å². The van der Waals surface area contributed by atoms with Crippen LogP contribution in [0.3, 0.4) is 0 Å². The van der Waals surface area contributed by atoms with E-state index in [1.54, 1.807) is 12.1 Å². The second-order valence-electron chi connectivity index (χ2n) is 2.42. The van der Waals surface area contributed by atoms with Crippen molar-refractivity contribution in [2.24, 2.45) is 5.10 Å². The van der Waals surface area contributed by atoms with Crippen molar-refractivity contribution in [1.29, 1.82) is 0 Å². The molecule has 0 aliphatic rings. The molecule has 5 heteroatoms. The predicted octanol–water partition coefficient (Wildman–Crippen LogP) is 1.30. The number of rotatable bonds is 3. The molecule has 2 N–H and O–H groups in total. The molecule has 0 saturated carbocycles. The van der Waals surface area contributed by atoms with Gasteiger partial charge in [0.05, 0.1) is 13.3 Å². The van der Waals surface area contributed by atoms with Crippen LogP contribution in [0.25, 0.3) is 0 Å². The fraction of sp³-hybridized carbons (Fsp3) is 0.111. The lowest BCUT2D eigenvalue weighted by atomic mass is 10.2. The Morgan fingerprint density at radius 3 is 2.93 bits per heavy atom. The fourth-order valence-corrected chi connectivity index (χ4v) is 0.930. The first-order chi connectivity index (χ1) is 6.74. The van der Waals surface area contributed by atoms with E-state index in [0.29, 0.717) is 11.3 Å². The Hall–Kier alpha value is -2.04. The van der Waals surface area contributed by atoms with Crippen molar-refractivity contribution < 1.29 is 14.6 Å². The summed E-state index contributed by atoms with van der Waals surface area (Å²) in [5.74, 6) is 0.642. The van der Waals surface area contributed by atoms with Gasteiger partial charge in [0.2, 0.25) is 0 Å². The van der Waals surface area contributed by atoms with Gasteiger partial charge in [-0.25, -0.2) is 10.2 Å². The Labute approximate surface area is 81.0 Å². The summed E-state index contributed by atoms with van der Waals surface area (Å²) in [6, 6.07) is 7.17. The van der Waals surface area contributed by atoms with E-state index in [9.17, 15) is 4.79 Å². The molecular formula is C9H10N2O3. The number of amides is 1. The van der Waals surface area contributed by atoms with Gasteiger partial charge < -0.3 is 9.84 Å². The van der Waals surface area contributed by atoms with E-state index in [0.717, 1.165) is 0 Å². The molecule has 1 aromatic carbocycles. The van der Waals surface area contributed by atoms with Gasteiger partial charge in [0, 0.05) is 5.56 Å². The van der Waals surface area contributed by atoms with Gasteiger partial charge in [-0.05, 0) is 12.1 Å². The molecule has 0 heterocycles. The lowest BCUT2D eigenvalue weighted by Gasteiger charge is -2.02. The summed E-state index contributed by atoms with van der Waals surface area (Å²) >= 11 is 0. The molecule has 0 aliphatic heterocycles. The second kappa shape index (κ2) is 4.86. The molecule has 5 nitrogen and oxygen atoms in total. The van der Waals surface area contributed by atoms with Crippen LogP contribution in [0.5, 0.6) is 5.75 Å². The predicted molar refractivity (Wildman–Crippen MR) is 51.7 cm³/mol. The SMILES string of the molecule is COc1ccccc1C=NNC(=O)O. The van der Waals surface area contributed by atoms with E-state index in [1.165, 1.54) is 13.3 Å². The topological polar surface area (TPSA) is 70.9 Å². The number of hydrazone groups is 1. The third-order valence-electron chi connectivity index (χ3n) is 1.50. The highest BCUT2D eigenvalue weighted by molar-refractivity contribution is 5.84. The van der Waals surface area contributed by atoms with Crippen molar-refractivity contribution in [3.05, 3.63) is 29.8 Å². The van der Waals surface area contributed by atoms with E-state index >= 15 is 0 Å². The van der Waals surface area contributed by atoms with Gasteiger partial charge in [0.25, 0.3) is 0 Å². The number of ether oxygens (including phenoxy) is 1. The van der Waals surface area contributed by atoms with E-state index in [2.05, 4.69) is 5.10 Å². The summed E-state index contributed by atoms with van der Waals surface area (Å²) in [6.45, 7) is 0. The van der Waals surface area contributed by atoms with E-state index in [4.69, 9.17) is 9.84 Å². The molecule has 0 aliphatic carbocycles. The number of hydrogen-bond donors (Lipinski definition) is 2. The Morgan fingerprint density at radius 1 is 1.57 bits per heavy atom. The highest BCUT2D eigenvalue weighted by atomic mass is 16.5. The average Bonchev–Trinajstić information content (AvgIpc) is 2.18. The molecule has 0 atom stereocenters. The number of nitrogens with one attached hydrogen (secondary N) is 1. The van der Waals surface area contributed by atoms with Gasteiger partial charge in [-0.2, -0.15) is 5.10 Å². The van der Waals surface area contributed by atoms with Gasteiger partial charge >= 0.3 is 6.09 Å². The average molecular weight is 194 g/mol. The first-order valence-electron chi connectivity index (χ1n) is 3.89. The molecule has 0 saturated heterocycles. The second-order valence-corrected chi connectivity index (χ2v) is 2.42. The molecule has 74 valence electrons. The monoisotopic (exact) mass is 194 g/mol. The van der Waals surface area contributed by atoms with E-state index < -0.39 is 6.09 Å². The van der Waals surface area contributed by atoms with Crippen LogP contribution in [0.4, 0.5) is 4.79 Å². The number of hydrogen-bond acceptors (Lipinski definition) is 3. The van der Waals surface area contributed by atoms with Crippen LogP contribution in [0.2, 0.25) is 0 Å². The maximum atomic E-state index is 10.1. The summed E-state index contributed by atoms with van der Waals surface area (Å²) in [6.07, 6.45) is 0.184. The van der Waals surface area contributed by atoms with Crippen molar-refractivity contribution in [1.82, 2.24) is 5.43 Å². The lowest BCUT2D eigenvalue weighted by Crippen LogP contribution is -2.13. The van der Waals surface area contributed by atoms with Crippen molar-refractivity contribution in [3.8, 4) is 5.75 Å². The Morgan fingerprint density at radius 2 is 2.29 bits per heavy atom. The number of nitrogens with zero attached hydrogens (tertiary/aromatic N) is 1. The van der Waals surface area contributed by atoms with Crippen molar-refractivity contribution >= 4 is 12.3 Å². The zero-order valence-corrected chi connectivity index (χ0v) is 7.60. The highest BCUT2D eigenvalue weighted by Gasteiger charge is 1.97. The number of benzene rings is 1. The molecule has 14 heavy (non-hydrogen) atoms. The number of carboxylic acid groups (broad SMARTS) is 1. The van der Waals surface area contributed by atoms with Crippen molar-refractivity contribution in [2.75, 3.05) is 7.11 Å². The minimum absolute atomic E-state index is 0.642. The molecule has 0 fully saturated rings. The van der Waals surface area contributed by atoms with Gasteiger partial charge in [-0.3, -0.25) is 0 Å². The molecule has 1 aromatic rings. The lowest BCUT2D eigenvalue weighted by molar-refractivity contribution is 0.195. The summed E-state index contributed by atoms with van der Waals surface area (Å²) in [4.78, 5) is 10.1. The summed E-state index contributed by atoms with van der Waals surface area (Å²) in [7, 11) is 1.54. The van der Waals surface area contributed by atoms with E-state index in [-0.39, 0.29) is 0 Å². The highest BCUT2D eigenvalue weighted by Crippen LogP contribution is 2.14. The number of para-hydroxylation sites is 1. The van der Waals surface area contributed by atoms with Crippen LogP contribution < -0.4 is 10.2 Å². The molecule has 0 spiro atoms. The number of methoxy groups -OCH3 is 1. The summed E-state index contributed by atoms with van der Waals surface area (Å²) in [5.41, 5.74) is 2.59. The van der Waals surface area contributed by atoms with Gasteiger partial charge in [-0.1, -0.05) is 12.1 Å². The molecule has 0 bridgehead atoms. The minimum atomic E-state index is -1.20. The van der Waals surface area contributed by atoms with Crippen LogP contribution in [0.15, 0.2) is 29.4 Å².